The molecule has 2 aromatic carbocycles. The Balaban J connectivity index is 1.32. The van der Waals surface area contributed by atoms with Crippen LogP contribution in [0.1, 0.15) is 34.7 Å². The van der Waals surface area contributed by atoms with Crippen LogP contribution >= 0.6 is 0 Å². The zero-order valence-corrected chi connectivity index (χ0v) is 22.8. The zero-order chi connectivity index (χ0) is 28.9. The molecule has 4 aromatic rings. The van der Waals surface area contributed by atoms with Crippen LogP contribution in [0.4, 0.5) is 11.4 Å². The summed E-state index contributed by atoms with van der Waals surface area (Å²) in [4.78, 5) is 59.7. The number of anilines is 2. The van der Waals surface area contributed by atoms with Gasteiger partial charge in [-0.3, -0.25) is 19.2 Å². The largest absolute Gasteiger partial charge is 0.468 e. The van der Waals surface area contributed by atoms with Gasteiger partial charge in [0.05, 0.1) is 47.8 Å². The molecule has 4 aliphatic rings. The van der Waals surface area contributed by atoms with Crippen molar-refractivity contribution in [1.82, 2.24) is 10.0 Å². The number of hydrogen-bond donors (Lipinski definition) is 0. The number of para-hydroxylation sites is 2. The first-order chi connectivity index (χ1) is 20.4. The van der Waals surface area contributed by atoms with E-state index in [0.29, 0.717) is 22.9 Å². The highest BCUT2D eigenvalue weighted by Crippen LogP contribution is 2.60. The predicted octanol–water partition coefficient (Wildman–Crippen LogP) is 3.93. The van der Waals surface area contributed by atoms with Crippen LogP contribution in [0.3, 0.4) is 0 Å². The number of fused-ring (bicyclic) bond motifs is 5. The van der Waals surface area contributed by atoms with E-state index in [4.69, 9.17) is 8.83 Å². The maximum Gasteiger partial charge on any atom is 0.253 e. The fourth-order valence-electron chi connectivity index (χ4n) is 7.42. The quantitative estimate of drug-likeness (QED) is 0.345. The van der Waals surface area contributed by atoms with Crippen molar-refractivity contribution in [1.29, 1.82) is 0 Å². The number of hydrogen-bond acceptors (Lipinski definition) is 8. The minimum Gasteiger partial charge on any atom is -0.468 e. The molecule has 0 saturated carbocycles. The Hall–Kier alpha value is -4.80. The van der Waals surface area contributed by atoms with Crippen molar-refractivity contribution < 1.29 is 28.0 Å². The smallest absolute Gasteiger partial charge is 0.253 e. The predicted molar refractivity (Wildman–Crippen MR) is 148 cm³/mol. The monoisotopic (exact) mass is 562 g/mol. The van der Waals surface area contributed by atoms with Gasteiger partial charge in [0.25, 0.3) is 11.8 Å². The third-order valence-corrected chi connectivity index (χ3v) is 9.11. The molecule has 42 heavy (non-hydrogen) atoms. The number of carbonyl (C=O) groups is 4. The molecule has 0 N–H and O–H groups in total. The number of aryl methyl sites for hydroxylation is 2. The van der Waals surface area contributed by atoms with Crippen molar-refractivity contribution in [3.8, 4) is 0 Å². The first-order valence-electron chi connectivity index (χ1n) is 13.9. The average molecular weight is 563 g/mol. The highest BCUT2D eigenvalue weighted by Gasteiger charge is 2.74. The lowest BCUT2D eigenvalue weighted by molar-refractivity contribution is -0.136. The van der Waals surface area contributed by atoms with Crippen LogP contribution in [0.25, 0.3) is 0 Å². The summed E-state index contributed by atoms with van der Waals surface area (Å²) in [7, 11) is 0. The van der Waals surface area contributed by atoms with Gasteiger partial charge in [0, 0.05) is 0 Å². The minimum atomic E-state index is -0.972. The maximum atomic E-state index is 14.3. The molecule has 6 atom stereocenters. The van der Waals surface area contributed by atoms with E-state index in [0.717, 1.165) is 11.1 Å². The lowest BCUT2D eigenvalue weighted by Crippen LogP contribution is -2.50. The molecule has 0 bridgehead atoms. The van der Waals surface area contributed by atoms with Gasteiger partial charge in [0.1, 0.15) is 23.6 Å². The molecule has 0 aliphatic carbocycles. The lowest BCUT2D eigenvalue weighted by atomic mass is 9.87. The molecule has 2 aromatic heterocycles. The van der Waals surface area contributed by atoms with E-state index < -0.39 is 47.8 Å². The molecule has 8 rings (SSSR count). The summed E-state index contributed by atoms with van der Waals surface area (Å²) in [6.45, 7) is 3.70. The van der Waals surface area contributed by atoms with Gasteiger partial charge in [-0.1, -0.05) is 36.4 Å². The Morgan fingerprint density at radius 1 is 0.500 bits per heavy atom. The molecule has 6 heterocycles. The third-order valence-electron chi connectivity index (χ3n) is 9.11. The normalized spacial score (nSPS) is 29.1. The first kappa shape index (κ1) is 25.0. The van der Waals surface area contributed by atoms with Crippen LogP contribution in [0.15, 0.2) is 94.2 Å². The number of carbonyl (C=O) groups excluding carboxylic acids is 4. The number of furan rings is 2. The van der Waals surface area contributed by atoms with Gasteiger partial charge >= 0.3 is 0 Å². The van der Waals surface area contributed by atoms with Gasteiger partial charge in [-0.25, -0.2) is 19.8 Å². The summed E-state index contributed by atoms with van der Waals surface area (Å²) in [6, 6.07) is 17.9. The van der Waals surface area contributed by atoms with E-state index in [1.54, 1.807) is 58.5 Å². The Labute approximate surface area is 240 Å². The summed E-state index contributed by atoms with van der Waals surface area (Å²) in [6.07, 6.45) is 3.01. The Morgan fingerprint density at radius 2 is 0.905 bits per heavy atom. The van der Waals surface area contributed by atoms with Crippen molar-refractivity contribution in [3.63, 3.8) is 0 Å². The second kappa shape index (κ2) is 8.85. The number of rotatable bonds is 4. The summed E-state index contributed by atoms with van der Waals surface area (Å²) in [5.41, 5.74) is 2.59. The molecule has 4 aliphatic heterocycles. The van der Waals surface area contributed by atoms with Gasteiger partial charge in [-0.05, 0) is 61.4 Å². The highest BCUT2D eigenvalue weighted by atomic mass is 16.3. The summed E-state index contributed by atoms with van der Waals surface area (Å²) >= 11 is 0. The number of imide groups is 2. The number of hydrazine groups is 1. The summed E-state index contributed by atoms with van der Waals surface area (Å²) in [5, 5.41) is 3.52. The number of amides is 4. The topological polar surface area (TPSA) is 108 Å². The van der Waals surface area contributed by atoms with Crippen LogP contribution in [-0.4, -0.2) is 45.7 Å². The van der Waals surface area contributed by atoms with Crippen LogP contribution in [0.5, 0.6) is 0 Å². The van der Waals surface area contributed by atoms with Crippen molar-refractivity contribution in [2.75, 3.05) is 9.80 Å². The Morgan fingerprint density at radius 3 is 1.26 bits per heavy atom. The van der Waals surface area contributed by atoms with Gasteiger partial charge < -0.3 is 8.83 Å². The Kier molecular flexibility index (Phi) is 5.26. The standard InChI is InChI=1S/C32H26N4O6/c1-17-9-3-5-11-19(17)33-29(37)23-25(21-13-7-15-41-21)36-28-24(26(22-14-8-16-42-22)35(36)27(23)31(33)39)30(38)34(32(28)40)20-12-6-4-10-18(20)2/h3-16,23-28H,1-2H3/t23-,24-,25-,26+,27+,28-/m0/s1. The second-order valence-electron chi connectivity index (χ2n) is 11.2. The van der Waals surface area contributed by atoms with Crippen molar-refractivity contribution >= 4 is 35.0 Å². The third kappa shape index (κ3) is 3.10. The Bertz CT molecular complexity index is 1640. The van der Waals surface area contributed by atoms with Crippen LogP contribution in [-0.2, 0) is 19.2 Å². The molecule has 0 radical (unpaired) electrons. The van der Waals surface area contributed by atoms with E-state index in [-0.39, 0.29) is 11.8 Å². The number of nitrogens with zero attached hydrogens (tertiary/aromatic N) is 4. The first-order valence-corrected chi connectivity index (χ1v) is 13.9. The van der Waals surface area contributed by atoms with E-state index in [9.17, 15) is 19.2 Å². The summed E-state index contributed by atoms with van der Waals surface area (Å²) < 4.78 is 11.7. The van der Waals surface area contributed by atoms with Crippen LogP contribution in [0.2, 0.25) is 0 Å². The van der Waals surface area contributed by atoms with Crippen LogP contribution < -0.4 is 9.80 Å². The minimum absolute atomic E-state index is 0.377. The fourth-order valence-corrected chi connectivity index (χ4v) is 7.42. The second-order valence-corrected chi connectivity index (χ2v) is 11.2. The van der Waals surface area contributed by atoms with E-state index in [2.05, 4.69) is 0 Å². The van der Waals surface area contributed by atoms with Gasteiger partial charge in [-0.15, -0.1) is 0 Å². The number of benzene rings is 2. The molecule has 4 fully saturated rings. The molecule has 210 valence electrons. The molecule has 10 heteroatoms. The maximum absolute atomic E-state index is 14.3. The molecular weight excluding hydrogens is 536 g/mol. The molecule has 4 saturated heterocycles. The van der Waals surface area contributed by atoms with Gasteiger partial charge in [0.15, 0.2) is 0 Å². The molecule has 10 nitrogen and oxygen atoms in total. The van der Waals surface area contributed by atoms with Crippen LogP contribution in [0, 0.1) is 25.7 Å². The zero-order valence-electron chi connectivity index (χ0n) is 22.8. The van der Waals surface area contributed by atoms with Gasteiger partial charge in [-0.2, -0.15) is 0 Å². The van der Waals surface area contributed by atoms with Crippen molar-refractivity contribution in [3.05, 3.63) is 108 Å². The molecular formula is C32H26N4O6. The van der Waals surface area contributed by atoms with E-state index in [1.807, 2.05) is 38.1 Å². The summed E-state index contributed by atoms with van der Waals surface area (Å²) in [5.74, 6) is -2.46. The van der Waals surface area contributed by atoms with Crippen molar-refractivity contribution in [2.45, 2.75) is 38.0 Å². The molecule has 4 amide bonds. The lowest BCUT2D eigenvalue weighted by Gasteiger charge is -2.34. The van der Waals surface area contributed by atoms with Gasteiger partial charge in [0.2, 0.25) is 11.8 Å². The molecule has 0 spiro atoms. The fraction of sp³-hybridized carbons (Fsp3) is 0.250. The van der Waals surface area contributed by atoms with E-state index in [1.165, 1.54) is 22.3 Å². The van der Waals surface area contributed by atoms with E-state index >= 15 is 0 Å². The SMILES string of the molecule is Cc1ccccc1N1C(=O)[C@@H]2[C@@H](C1=O)N1[C@@H](c3ccco3)[C@@H]3C(=O)N(c4ccccc4C)C(=O)[C@@H]3N1[C@@H]2c1ccco1. The highest BCUT2D eigenvalue weighted by molar-refractivity contribution is 6.26. The van der Waals surface area contributed by atoms with Crippen molar-refractivity contribution in [2.24, 2.45) is 11.8 Å². The average Bonchev–Trinajstić information content (AvgIpc) is 3.81. The molecule has 0 unspecified atom stereocenters.